The van der Waals surface area contributed by atoms with Crippen molar-refractivity contribution in [2.75, 3.05) is 0 Å². The number of hydrogen-bond acceptors (Lipinski definition) is 3. The van der Waals surface area contributed by atoms with Crippen molar-refractivity contribution in [3.63, 3.8) is 0 Å². The molecule has 0 aliphatic carbocycles. The molecule has 0 aliphatic heterocycles. The van der Waals surface area contributed by atoms with E-state index in [1.54, 1.807) is 13.0 Å². The molecule has 2 aromatic rings. The van der Waals surface area contributed by atoms with Gasteiger partial charge in [0.25, 0.3) is 10.1 Å². The van der Waals surface area contributed by atoms with Gasteiger partial charge in [0.05, 0.1) is 6.26 Å². The lowest BCUT2D eigenvalue weighted by Gasteiger charge is -2.00. The molecule has 0 spiro atoms. The predicted molar refractivity (Wildman–Crippen MR) is 50.8 cm³/mol. The van der Waals surface area contributed by atoms with Crippen molar-refractivity contribution in [3.8, 4) is 0 Å². The molecule has 0 bridgehead atoms. The number of hydrogen-bond donors (Lipinski definition) is 1. The van der Waals surface area contributed by atoms with Crippen molar-refractivity contribution < 1.29 is 17.4 Å². The van der Waals surface area contributed by atoms with Crippen molar-refractivity contribution in [2.45, 2.75) is 11.8 Å². The van der Waals surface area contributed by atoms with Crippen LogP contribution in [0.4, 0.5) is 0 Å². The summed E-state index contributed by atoms with van der Waals surface area (Å²) in [4.78, 5) is -0.119. The largest absolute Gasteiger partial charge is 0.464 e. The van der Waals surface area contributed by atoms with E-state index in [0.29, 0.717) is 11.0 Å². The Morgan fingerprint density at radius 3 is 2.64 bits per heavy atom. The maximum atomic E-state index is 11.0. The first-order valence-electron chi connectivity index (χ1n) is 3.94. The van der Waals surface area contributed by atoms with Crippen LogP contribution in [0.2, 0.25) is 0 Å². The third-order valence-corrected chi connectivity index (χ3v) is 2.96. The molecule has 0 aliphatic rings. The van der Waals surface area contributed by atoms with Crippen LogP contribution in [0.5, 0.6) is 0 Å². The van der Waals surface area contributed by atoms with Gasteiger partial charge in [-0.2, -0.15) is 8.42 Å². The Bertz CT molecular complexity index is 580. The van der Waals surface area contributed by atoms with E-state index in [9.17, 15) is 8.42 Å². The minimum Gasteiger partial charge on any atom is -0.464 e. The molecule has 1 aromatic carbocycles. The lowest BCUT2D eigenvalue weighted by Crippen LogP contribution is -1.98. The molecule has 14 heavy (non-hydrogen) atoms. The molecule has 0 atom stereocenters. The summed E-state index contributed by atoms with van der Waals surface area (Å²) in [6.07, 6.45) is 1.40. The SMILES string of the molecule is Cc1ccc(S(=O)(=O)O)c2ccoc12. The van der Waals surface area contributed by atoms with E-state index in [4.69, 9.17) is 8.97 Å². The van der Waals surface area contributed by atoms with Crippen molar-refractivity contribution in [1.29, 1.82) is 0 Å². The Hall–Kier alpha value is -1.33. The fourth-order valence-corrected chi connectivity index (χ4v) is 2.08. The van der Waals surface area contributed by atoms with E-state index < -0.39 is 10.1 Å². The van der Waals surface area contributed by atoms with E-state index in [1.807, 2.05) is 0 Å². The van der Waals surface area contributed by atoms with Crippen LogP contribution in [0, 0.1) is 6.92 Å². The summed E-state index contributed by atoms with van der Waals surface area (Å²) in [6.45, 7) is 1.81. The third kappa shape index (κ3) is 1.30. The first kappa shape index (κ1) is 9.23. The molecule has 2 rings (SSSR count). The van der Waals surface area contributed by atoms with Crippen molar-refractivity contribution in [1.82, 2.24) is 0 Å². The zero-order valence-corrected chi connectivity index (χ0v) is 8.21. The third-order valence-electron chi connectivity index (χ3n) is 2.05. The Morgan fingerprint density at radius 1 is 1.29 bits per heavy atom. The molecular formula is C9H8O4S. The number of furan rings is 1. The molecule has 74 valence electrons. The Morgan fingerprint density at radius 2 is 2.00 bits per heavy atom. The van der Waals surface area contributed by atoms with Gasteiger partial charge in [-0.3, -0.25) is 4.55 Å². The Kier molecular flexibility index (Phi) is 1.87. The quantitative estimate of drug-likeness (QED) is 0.734. The summed E-state index contributed by atoms with van der Waals surface area (Å²) < 4.78 is 36.0. The highest BCUT2D eigenvalue weighted by atomic mass is 32.2. The molecule has 5 heteroatoms. The molecule has 0 amide bonds. The lowest BCUT2D eigenvalue weighted by molar-refractivity contribution is 0.484. The average molecular weight is 212 g/mol. The molecule has 1 aromatic heterocycles. The molecule has 4 nitrogen and oxygen atoms in total. The van der Waals surface area contributed by atoms with Gasteiger partial charge in [0.1, 0.15) is 10.5 Å². The van der Waals surface area contributed by atoms with Gasteiger partial charge in [0, 0.05) is 5.39 Å². The topological polar surface area (TPSA) is 67.5 Å². The first-order valence-corrected chi connectivity index (χ1v) is 5.38. The van der Waals surface area contributed by atoms with Crippen LogP contribution >= 0.6 is 0 Å². The fraction of sp³-hybridized carbons (Fsp3) is 0.111. The van der Waals surface area contributed by atoms with E-state index in [1.165, 1.54) is 18.4 Å². The normalized spacial score (nSPS) is 12.1. The van der Waals surface area contributed by atoms with Crippen LogP contribution in [-0.4, -0.2) is 13.0 Å². The summed E-state index contributed by atoms with van der Waals surface area (Å²) >= 11 is 0. The first-order chi connectivity index (χ1) is 6.50. The smallest absolute Gasteiger partial charge is 0.295 e. The van der Waals surface area contributed by atoms with Crippen molar-refractivity contribution in [3.05, 3.63) is 30.0 Å². The molecule has 0 radical (unpaired) electrons. The van der Waals surface area contributed by atoms with Crippen LogP contribution in [0.15, 0.2) is 33.8 Å². The standard InChI is InChI=1S/C9H8O4S/c1-6-2-3-8(14(10,11)12)7-4-5-13-9(6)7/h2-5H,1H3,(H,10,11,12). The number of benzene rings is 1. The lowest BCUT2D eigenvalue weighted by atomic mass is 10.2. The monoisotopic (exact) mass is 212 g/mol. The molecule has 1 heterocycles. The van der Waals surface area contributed by atoms with Gasteiger partial charge in [-0.1, -0.05) is 6.07 Å². The van der Waals surface area contributed by atoms with Crippen LogP contribution in [-0.2, 0) is 10.1 Å². The molecule has 0 saturated carbocycles. The second kappa shape index (κ2) is 2.83. The van der Waals surface area contributed by atoms with Gasteiger partial charge in [0.2, 0.25) is 0 Å². The van der Waals surface area contributed by atoms with E-state index in [-0.39, 0.29) is 4.90 Å². The van der Waals surface area contributed by atoms with Crippen LogP contribution < -0.4 is 0 Å². The highest BCUT2D eigenvalue weighted by Crippen LogP contribution is 2.26. The van der Waals surface area contributed by atoms with Crippen LogP contribution in [0.25, 0.3) is 11.0 Å². The average Bonchev–Trinajstić information content (AvgIpc) is 2.50. The van der Waals surface area contributed by atoms with Gasteiger partial charge in [-0.15, -0.1) is 0 Å². The van der Waals surface area contributed by atoms with Gasteiger partial charge in [-0.25, -0.2) is 0 Å². The summed E-state index contributed by atoms with van der Waals surface area (Å²) in [5.74, 6) is 0. The van der Waals surface area contributed by atoms with Gasteiger partial charge in [-0.05, 0) is 24.6 Å². The zero-order valence-electron chi connectivity index (χ0n) is 7.39. The summed E-state index contributed by atoms with van der Waals surface area (Å²) in [5.41, 5.74) is 1.32. The van der Waals surface area contributed by atoms with E-state index in [2.05, 4.69) is 0 Å². The van der Waals surface area contributed by atoms with Crippen molar-refractivity contribution >= 4 is 21.1 Å². The van der Waals surface area contributed by atoms with Gasteiger partial charge < -0.3 is 4.42 Å². The molecule has 0 unspecified atom stereocenters. The maximum Gasteiger partial charge on any atom is 0.295 e. The van der Waals surface area contributed by atoms with Crippen LogP contribution in [0.1, 0.15) is 5.56 Å². The molecular weight excluding hydrogens is 204 g/mol. The molecule has 0 fully saturated rings. The Labute approximate surface area is 80.9 Å². The van der Waals surface area contributed by atoms with E-state index >= 15 is 0 Å². The van der Waals surface area contributed by atoms with Crippen molar-refractivity contribution in [2.24, 2.45) is 0 Å². The number of rotatable bonds is 1. The van der Waals surface area contributed by atoms with Gasteiger partial charge in [0.15, 0.2) is 0 Å². The fourth-order valence-electron chi connectivity index (χ4n) is 1.40. The highest BCUT2D eigenvalue weighted by molar-refractivity contribution is 7.86. The second-order valence-corrected chi connectivity index (χ2v) is 4.41. The predicted octanol–water partition coefficient (Wildman–Crippen LogP) is 1.99. The second-order valence-electron chi connectivity index (χ2n) is 3.02. The maximum absolute atomic E-state index is 11.0. The minimum atomic E-state index is -4.18. The van der Waals surface area contributed by atoms with Gasteiger partial charge >= 0.3 is 0 Å². The molecule has 0 saturated heterocycles. The Balaban J connectivity index is 2.93. The van der Waals surface area contributed by atoms with E-state index in [0.717, 1.165) is 5.56 Å². The summed E-state index contributed by atoms with van der Waals surface area (Å²) in [5, 5.41) is 0.410. The van der Waals surface area contributed by atoms with Crippen LogP contribution in [0.3, 0.4) is 0 Å². The number of aryl methyl sites for hydroxylation is 1. The summed E-state index contributed by atoms with van der Waals surface area (Å²) in [6, 6.07) is 4.48. The summed E-state index contributed by atoms with van der Waals surface area (Å²) in [7, 11) is -4.18. The zero-order chi connectivity index (χ0) is 10.3. The highest BCUT2D eigenvalue weighted by Gasteiger charge is 2.16. The molecule has 1 N–H and O–H groups in total. The minimum absolute atomic E-state index is 0.119. The number of fused-ring (bicyclic) bond motifs is 1.